The number of hydrogen-bond acceptors (Lipinski definition) is 3. The quantitative estimate of drug-likeness (QED) is 0.127. The van der Waals surface area contributed by atoms with Crippen LogP contribution in [0.4, 0.5) is 11.4 Å². The third kappa shape index (κ3) is 7.40. The first-order valence-corrected chi connectivity index (χ1v) is 13.1. The summed E-state index contributed by atoms with van der Waals surface area (Å²) in [4.78, 5) is 13.2. The normalized spacial score (nSPS) is 14.6. The van der Waals surface area contributed by atoms with Gasteiger partial charge in [0.2, 0.25) is 0 Å². The Hall–Kier alpha value is -3.18. The molecule has 1 aliphatic rings. The molecule has 5 nitrogen and oxygen atoms in total. The summed E-state index contributed by atoms with van der Waals surface area (Å²) >= 11 is 0. The highest BCUT2D eigenvalue weighted by atomic mass is 16.6. The fourth-order valence-electron chi connectivity index (χ4n) is 5.39. The summed E-state index contributed by atoms with van der Waals surface area (Å²) in [7, 11) is 0. The van der Waals surface area contributed by atoms with Crippen LogP contribution in [0.1, 0.15) is 36.8 Å². The Morgan fingerprint density at radius 1 is 0.714 bits per heavy atom. The molecule has 4 rings (SSSR count). The van der Waals surface area contributed by atoms with Gasteiger partial charge in [-0.2, -0.15) is 0 Å². The number of likely N-dealkylation sites (tertiary alicyclic amines) is 1. The molecule has 1 saturated heterocycles. The Morgan fingerprint density at radius 2 is 1.31 bits per heavy atom. The molecule has 0 bridgehead atoms. The number of nitro groups is 1. The van der Waals surface area contributed by atoms with Crippen molar-refractivity contribution in [1.29, 1.82) is 0 Å². The van der Waals surface area contributed by atoms with Crippen molar-refractivity contribution < 1.29 is 9.41 Å². The lowest BCUT2D eigenvalue weighted by Gasteiger charge is -2.35. The van der Waals surface area contributed by atoms with Crippen LogP contribution in [0.2, 0.25) is 0 Å². The van der Waals surface area contributed by atoms with Crippen LogP contribution in [0.15, 0.2) is 84.9 Å². The van der Waals surface area contributed by atoms with E-state index in [-0.39, 0.29) is 10.6 Å². The molecule has 1 fully saturated rings. The maximum Gasteiger partial charge on any atom is 0.269 e. The molecule has 1 aliphatic heterocycles. The zero-order valence-electron chi connectivity index (χ0n) is 20.7. The Bertz CT molecular complexity index is 1030. The molecule has 0 aliphatic carbocycles. The van der Waals surface area contributed by atoms with E-state index in [1.54, 1.807) is 12.1 Å². The largest absolute Gasteiger partial charge is 0.371 e. The predicted octanol–water partition coefficient (Wildman–Crippen LogP) is 6.28. The Labute approximate surface area is 209 Å². The number of rotatable bonds is 13. The van der Waals surface area contributed by atoms with E-state index in [2.05, 4.69) is 59.5 Å². The number of anilines is 1. The van der Waals surface area contributed by atoms with E-state index in [0.29, 0.717) is 0 Å². The molecule has 35 heavy (non-hydrogen) atoms. The van der Waals surface area contributed by atoms with E-state index >= 15 is 0 Å². The van der Waals surface area contributed by atoms with Gasteiger partial charge >= 0.3 is 0 Å². The van der Waals surface area contributed by atoms with E-state index in [1.807, 2.05) is 18.2 Å². The van der Waals surface area contributed by atoms with Gasteiger partial charge < -0.3 is 9.38 Å². The van der Waals surface area contributed by atoms with Crippen molar-refractivity contribution in [3.05, 3.63) is 106 Å². The van der Waals surface area contributed by atoms with Crippen LogP contribution >= 0.6 is 0 Å². The molecule has 184 valence electrons. The van der Waals surface area contributed by atoms with Gasteiger partial charge in [0.25, 0.3) is 5.69 Å². The van der Waals surface area contributed by atoms with Crippen LogP contribution in [0, 0.1) is 10.1 Å². The summed E-state index contributed by atoms with van der Waals surface area (Å²) in [5.74, 6) is 0. The van der Waals surface area contributed by atoms with Gasteiger partial charge in [0.1, 0.15) is 0 Å². The van der Waals surface area contributed by atoms with Crippen molar-refractivity contribution in [2.75, 3.05) is 44.2 Å². The van der Waals surface area contributed by atoms with Gasteiger partial charge in [-0.3, -0.25) is 10.1 Å². The SMILES string of the molecule is O=[N+]([O-])c1ccc(N(CCCC[N+]2(CCc3ccccc3)CCCC2)CCc2ccccc2)cc1. The van der Waals surface area contributed by atoms with Gasteiger partial charge in [-0.15, -0.1) is 0 Å². The average molecular weight is 473 g/mol. The third-order valence-corrected chi connectivity index (χ3v) is 7.48. The Morgan fingerprint density at radius 3 is 1.91 bits per heavy atom. The van der Waals surface area contributed by atoms with Crippen LogP contribution < -0.4 is 4.90 Å². The number of quaternary nitrogens is 1. The minimum atomic E-state index is -0.327. The van der Waals surface area contributed by atoms with Crippen LogP contribution in [0.5, 0.6) is 0 Å². The van der Waals surface area contributed by atoms with Crippen molar-refractivity contribution >= 4 is 11.4 Å². The monoisotopic (exact) mass is 472 g/mol. The minimum Gasteiger partial charge on any atom is -0.371 e. The molecule has 0 saturated carbocycles. The number of hydrogen-bond donors (Lipinski definition) is 0. The molecule has 0 spiro atoms. The van der Waals surface area contributed by atoms with Gasteiger partial charge in [-0.25, -0.2) is 0 Å². The van der Waals surface area contributed by atoms with E-state index in [4.69, 9.17) is 0 Å². The average Bonchev–Trinajstić information content (AvgIpc) is 3.37. The van der Waals surface area contributed by atoms with Gasteiger partial charge in [-0.1, -0.05) is 60.7 Å². The summed E-state index contributed by atoms with van der Waals surface area (Å²) in [6, 6.07) is 28.5. The van der Waals surface area contributed by atoms with Crippen LogP contribution in [-0.2, 0) is 12.8 Å². The van der Waals surface area contributed by atoms with Crippen molar-refractivity contribution in [3.63, 3.8) is 0 Å². The fraction of sp³-hybridized carbons (Fsp3) is 0.400. The molecule has 0 amide bonds. The minimum absolute atomic E-state index is 0.149. The standard InChI is InChI=1S/C30H38N3O2/c34-32(35)30-17-15-29(16-18-30)31(22-19-27-11-3-1-4-12-27)21-7-8-23-33(24-9-10-25-33)26-20-28-13-5-2-6-14-28/h1-6,11-18H,7-10,19-26H2/q+1. The van der Waals surface area contributed by atoms with E-state index < -0.39 is 0 Å². The molecule has 0 unspecified atom stereocenters. The van der Waals surface area contributed by atoms with Crippen LogP contribution in [0.3, 0.4) is 0 Å². The molecule has 5 heteroatoms. The zero-order chi connectivity index (χ0) is 24.3. The molecule has 1 heterocycles. The topological polar surface area (TPSA) is 46.4 Å². The summed E-state index contributed by atoms with van der Waals surface area (Å²) in [6.45, 7) is 7.00. The van der Waals surface area contributed by atoms with Crippen molar-refractivity contribution in [1.82, 2.24) is 0 Å². The van der Waals surface area contributed by atoms with Crippen LogP contribution in [0.25, 0.3) is 0 Å². The molecule has 0 atom stereocenters. The van der Waals surface area contributed by atoms with E-state index in [9.17, 15) is 10.1 Å². The summed E-state index contributed by atoms with van der Waals surface area (Å²) in [5, 5.41) is 11.1. The lowest BCUT2D eigenvalue weighted by atomic mass is 10.1. The van der Waals surface area contributed by atoms with E-state index in [0.717, 1.165) is 38.0 Å². The van der Waals surface area contributed by atoms with Crippen LogP contribution in [-0.4, -0.2) is 48.7 Å². The second kappa shape index (κ2) is 12.5. The number of benzene rings is 3. The molecule has 0 radical (unpaired) electrons. The lowest BCUT2D eigenvalue weighted by molar-refractivity contribution is -0.916. The summed E-state index contributed by atoms with van der Waals surface area (Å²) in [6.07, 6.45) is 7.17. The first-order valence-electron chi connectivity index (χ1n) is 13.1. The fourth-order valence-corrected chi connectivity index (χ4v) is 5.39. The molecular formula is C30H38N3O2+. The lowest BCUT2D eigenvalue weighted by Crippen LogP contribution is -2.47. The number of nitrogens with zero attached hydrogens (tertiary/aromatic N) is 3. The number of nitro benzene ring substituents is 1. The highest BCUT2D eigenvalue weighted by Gasteiger charge is 2.30. The molecule has 3 aromatic rings. The molecule has 0 N–H and O–H groups in total. The second-order valence-electron chi connectivity index (χ2n) is 9.88. The first-order chi connectivity index (χ1) is 17.1. The van der Waals surface area contributed by atoms with Crippen molar-refractivity contribution in [2.24, 2.45) is 0 Å². The Kier molecular flexibility index (Phi) is 8.90. The highest BCUT2D eigenvalue weighted by molar-refractivity contribution is 5.51. The van der Waals surface area contributed by atoms with Gasteiger partial charge in [0, 0.05) is 50.2 Å². The number of non-ortho nitro benzene ring substituents is 1. The molecule has 0 aromatic heterocycles. The predicted molar refractivity (Wildman–Crippen MR) is 144 cm³/mol. The number of unbranched alkanes of at least 4 members (excludes halogenated alkanes) is 1. The summed E-state index contributed by atoms with van der Waals surface area (Å²) in [5.41, 5.74) is 3.99. The maximum absolute atomic E-state index is 11.1. The van der Waals surface area contributed by atoms with E-state index in [1.165, 1.54) is 61.1 Å². The van der Waals surface area contributed by atoms with Crippen molar-refractivity contribution in [2.45, 2.75) is 38.5 Å². The molecular weight excluding hydrogens is 434 g/mol. The molecule has 3 aromatic carbocycles. The first kappa shape index (κ1) is 24.9. The summed E-state index contributed by atoms with van der Waals surface area (Å²) < 4.78 is 1.26. The third-order valence-electron chi connectivity index (χ3n) is 7.48. The Balaban J connectivity index is 1.33. The zero-order valence-corrected chi connectivity index (χ0v) is 20.7. The van der Waals surface area contributed by atoms with Crippen molar-refractivity contribution in [3.8, 4) is 0 Å². The second-order valence-corrected chi connectivity index (χ2v) is 9.88. The smallest absolute Gasteiger partial charge is 0.269 e. The van der Waals surface area contributed by atoms with Gasteiger partial charge in [0.05, 0.1) is 31.1 Å². The van der Waals surface area contributed by atoms with Gasteiger partial charge in [0.15, 0.2) is 0 Å². The van der Waals surface area contributed by atoms with Gasteiger partial charge in [-0.05, 0) is 42.5 Å². The maximum atomic E-state index is 11.1. The highest BCUT2D eigenvalue weighted by Crippen LogP contribution is 2.23.